The monoisotopic (exact) mass is 2270 g/mol. The molecular weight excluding hydrogens is 2180 g/mol. The van der Waals surface area contributed by atoms with Crippen LogP contribution in [0.15, 0.2) is 187 Å². The van der Waals surface area contributed by atoms with Gasteiger partial charge in [-0.25, -0.2) is 17.6 Å². The molecule has 4 N–H and O–H groups in total. The maximum absolute atomic E-state index is 13.7. The third-order valence-electron chi connectivity index (χ3n) is 15.9. The van der Waals surface area contributed by atoms with E-state index < -0.39 is 0 Å². The van der Waals surface area contributed by atoms with Crippen LogP contribution >= 0.6 is 0 Å². The van der Waals surface area contributed by atoms with Crippen molar-refractivity contribution < 1.29 is 147 Å². The summed E-state index contributed by atoms with van der Waals surface area (Å²) in [5.41, 5.74) is 20.5. The minimum Gasteiger partial charge on any atom is -0.516 e. The van der Waals surface area contributed by atoms with Gasteiger partial charge >= 0.3 is 0 Å². The number of carbonyl (C=O) groups is 4. The fourth-order valence-corrected chi connectivity index (χ4v) is 10.9. The summed E-state index contributed by atoms with van der Waals surface area (Å²) in [5.74, 6) is 0.314. The molecule has 8 aromatic carbocycles. The number of pyridine rings is 4. The Labute approximate surface area is 725 Å². The molecule has 0 aliphatic carbocycles. The molecule has 0 fully saturated rings. The molecule has 4 radical (unpaired) electrons. The van der Waals surface area contributed by atoms with Gasteiger partial charge in [-0.2, -0.15) is 0 Å². The number of aliphatic hydroxyl groups excluding tert-OH is 4. The van der Waals surface area contributed by atoms with Gasteiger partial charge in [-0.1, -0.05) is 77.4 Å². The van der Waals surface area contributed by atoms with Crippen molar-refractivity contribution in [2.75, 3.05) is 14.2 Å². The maximum Gasteiger partial charge on any atom is 0.155 e. The predicted octanol–water partition coefficient (Wildman–Crippen LogP) is 22.9. The molecule has 14 nitrogen and oxygen atoms in total. The second-order valence-electron chi connectivity index (χ2n) is 26.7. The first-order chi connectivity index (χ1) is 52.1. The Morgan fingerprint density at radius 1 is 0.348 bits per heavy atom. The van der Waals surface area contributed by atoms with Crippen molar-refractivity contribution in [1.82, 2.24) is 19.9 Å². The number of ether oxygens (including phenoxy) is 2. The summed E-state index contributed by atoms with van der Waals surface area (Å²) in [7, 11) is 3.22. The van der Waals surface area contributed by atoms with Crippen molar-refractivity contribution in [2.24, 2.45) is 0 Å². The van der Waals surface area contributed by atoms with E-state index in [2.05, 4.69) is 84.3 Å². The van der Waals surface area contributed by atoms with Gasteiger partial charge in [-0.15, -0.1) is 134 Å². The standard InChI is InChI=1S/C19H17FNO.C19H17FN.C18H15FN.C17H13FNO.4C5H8O2.4Ir/c1-11-5-12(2)7-15(6-11)19-18(22-4)10-14-9-16(20)13(3)8-17(14)21-19;1-11-5-12(2)7-16(6-11)19-14(4)8-15-10-17(20)13(3)9-18(15)21-19;1-11-4-5-14(8-12(11)2)17-7-6-15-10-16(19)13(3)9-18(15)20-17;1-11-8-17-13(10-15(11)18)6-7-16(19-17)12-4-3-5-14(9-12)20-2;4*1-4(6)3-5(2)7;;;;/h5-6,8-10H,1-4H3;5-6,8-10H,1-4H3;4,6-10H,1-3H3;3,5-10H,1-2H3;4*3,6H,1-2H3;;;;/q4*-1;;;;;;;;. The average molecular weight is 2270 g/mol. The van der Waals surface area contributed by atoms with Crippen LogP contribution in [0.25, 0.3) is 88.6 Å². The van der Waals surface area contributed by atoms with E-state index >= 15 is 0 Å². The number of rotatable bonds is 10. The minimum atomic E-state index is -0.234. The summed E-state index contributed by atoms with van der Waals surface area (Å²) < 4.78 is 65.1. The third-order valence-corrected chi connectivity index (χ3v) is 15.9. The fourth-order valence-electron chi connectivity index (χ4n) is 10.9. The van der Waals surface area contributed by atoms with Crippen LogP contribution in [0, 0.1) is 124 Å². The molecule has 4 aromatic heterocycles. The Hall–Kier alpha value is -9.84. The van der Waals surface area contributed by atoms with Crippen molar-refractivity contribution in [3.05, 3.63) is 296 Å². The van der Waals surface area contributed by atoms with Gasteiger partial charge in [0.1, 0.15) is 29.0 Å². The van der Waals surface area contributed by atoms with E-state index in [1.807, 2.05) is 88.4 Å². The molecule has 12 aromatic rings. The van der Waals surface area contributed by atoms with E-state index in [4.69, 9.17) is 34.9 Å². The molecule has 0 aliphatic heterocycles. The number of nitrogens with zero attached hydrogens (tertiary/aromatic N) is 4. The Kier molecular flexibility index (Phi) is 44.1. The van der Waals surface area contributed by atoms with E-state index in [1.54, 1.807) is 78.3 Å². The van der Waals surface area contributed by atoms with Crippen molar-refractivity contribution in [3.8, 4) is 56.5 Å². The van der Waals surface area contributed by atoms with Crippen molar-refractivity contribution in [1.29, 1.82) is 0 Å². The number of allylic oxidation sites excluding steroid dienone is 8. The second-order valence-corrected chi connectivity index (χ2v) is 26.7. The van der Waals surface area contributed by atoms with E-state index in [0.717, 1.165) is 117 Å². The summed E-state index contributed by atoms with van der Waals surface area (Å²) >= 11 is 0. The molecule has 0 aliphatic rings. The Morgan fingerprint density at radius 3 is 1.03 bits per heavy atom. The first-order valence-electron chi connectivity index (χ1n) is 35.1. The van der Waals surface area contributed by atoms with E-state index in [0.29, 0.717) is 28.0 Å². The van der Waals surface area contributed by atoms with E-state index in [1.165, 1.54) is 115 Å². The molecular formula is C93H94F4Ir4N4O10-4. The van der Waals surface area contributed by atoms with Crippen LogP contribution in [0.5, 0.6) is 11.5 Å². The Balaban J connectivity index is 0.000000683. The maximum atomic E-state index is 13.7. The number of fused-ring (bicyclic) bond motifs is 4. The number of hydrogen-bond acceptors (Lipinski definition) is 14. The van der Waals surface area contributed by atoms with Crippen LogP contribution in [-0.2, 0) is 99.6 Å². The zero-order valence-corrected chi connectivity index (χ0v) is 77.5. The number of methoxy groups -OCH3 is 2. The molecule has 0 saturated carbocycles. The number of aliphatic hydroxyl groups is 4. The molecule has 0 amide bonds. The van der Waals surface area contributed by atoms with Gasteiger partial charge in [0.05, 0.1) is 59.3 Å². The quantitative estimate of drug-likeness (QED) is 0.0433. The molecule has 22 heteroatoms. The molecule has 0 bridgehead atoms. The van der Waals surface area contributed by atoms with Crippen LogP contribution in [-0.4, -0.2) is 77.7 Å². The largest absolute Gasteiger partial charge is 0.516 e. The van der Waals surface area contributed by atoms with Crippen LogP contribution < -0.4 is 9.47 Å². The fraction of sp³-hybridized carbons (Fsp3) is 0.226. The summed E-state index contributed by atoms with van der Waals surface area (Å²) in [4.78, 5) is 58.7. The minimum absolute atomic E-state index is 0. The zero-order chi connectivity index (χ0) is 82.8. The van der Waals surface area contributed by atoms with Crippen LogP contribution in [0.1, 0.15) is 117 Å². The number of hydrogen-bond donors (Lipinski definition) is 4. The number of benzene rings is 8. The molecule has 0 spiro atoms. The first-order valence-corrected chi connectivity index (χ1v) is 35.1. The van der Waals surface area contributed by atoms with Crippen molar-refractivity contribution in [2.45, 2.75) is 132 Å². The summed E-state index contributed by atoms with van der Waals surface area (Å²) in [6, 6.07) is 55.5. The van der Waals surface area contributed by atoms with Gasteiger partial charge in [-0.3, -0.25) is 39.1 Å². The van der Waals surface area contributed by atoms with E-state index in [9.17, 15) is 36.7 Å². The van der Waals surface area contributed by atoms with Crippen molar-refractivity contribution >= 4 is 66.7 Å². The molecule has 0 unspecified atom stereocenters. The van der Waals surface area contributed by atoms with Crippen LogP contribution in [0.2, 0.25) is 0 Å². The number of halogens is 4. The molecule has 4 heterocycles. The molecule has 12 rings (SSSR count). The molecule has 115 heavy (non-hydrogen) atoms. The number of carbonyl (C=O) groups excluding carboxylic acids is 4. The zero-order valence-electron chi connectivity index (χ0n) is 68.0. The normalized spacial score (nSPS) is 10.7. The van der Waals surface area contributed by atoms with Gasteiger partial charge in [0, 0.05) is 138 Å². The average Bonchev–Trinajstić information content (AvgIpc) is 0.776. The van der Waals surface area contributed by atoms with Gasteiger partial charge in [0.2, 0.25) is 0 Å². The predicted molar refractivity (Wildman–Crippen MR) is 437 cm³/mol. The molecule has 614 valence electrons. The van der Waals surface area contributed by atoms with Gasteiger partial charge < -0.3 is 29.9 Å². The third kappa shape index (κ3) is 33.9. The smallest absolute Gasteiger partial charge is 0.155 e. The van der Waals surface area contributed by atoms with Gasteiger partial charge in [0.15, 0.2) is 23.1 Å². The molecule has 0 atom stereocenters. The van der Waals surface area contributed by atoms with Gasteiger partial charge in [-0.05, 0) is 184 Å². The van der Waals surface area contributed by atoms with Crippen LogP contribution in [0.4, 0.5) is 17.6 Å². The summed E-state index contributed by atoms with van der Waals surface area (Å²) in [6.45, 7) is 32.7. The topological polar surface area (TPSA) is 219 Å². The Bertz CT molecular complexity index is 5380. The molecule has 0 saturated heterocycles. The van der Waals surface area contributed by atoms with Gasteiger partial charge in [0.25, 0.3) is 0 Å². The Morgan fingerprint density at radius 2 is 0.696 bits per heavy atom. The van der Waals surface area contributed by atoms with E-state index in [-0.39, 0.29) is 150 Å². The summed E-state index contributed by atoms with van der Waals surface area (Å²) in [6.07, 6.45) is 4.67. The number of ketones is 4. The van der Waals surface area contributed by atoms with Crippen molar-refractivity contribution in [3.63, 3.8) is 0 Å². The SMILES string of the molecule is CC(=O)C=C(C)O.CC(=O)C=C(C)O.CC(=O)C=C(C)O.CC(=O)C=C(C)O.COc1cc2cc(F)c(C)cc2nc1-c1[c-]c(C)cc(C)c1.COc1cc[c-]c(-c2ccc3cc(F)c(C)cc3n2)c1.Cc1[c-]c(-c2nc3cc(C)c(F)cc3cc2C)cc(C)c1.Cc1c[c-]c(-c2ccc3cc(F)c(C)cc3n2)cc1C.[Ir].[Ir].[Ir].[Ir]. The second kappa shape index (κ2) is 49.2. The number of aromatic nitrogens is 4. The van der Waals surface area contributed by atoms with Crippen LogP contribution in [0.3, 0.4) is 0 Å². The number of aryl methyl sites for hydroxylation is 11. The summed E-state index contributed by atoms with van der Waals surface area (Å²) in [5, 5.41) is 36.6. The first kappa shape index (κ1) is 103.